The summed E-state index contributed by atoms with van der Waals surface area (Å²) >= 11 is 0. The number of nitrogens with zero attached hydrogens (tertiary/aromatic N) is 3. The number of nitriles is 1. The Morgan fingerprint density at radius 1 is 1.57 bits per heavy atom. The van der Waals surface area contributed by atoms with Crippen LogP contribution < -0.4 is 0 Å². The van der Waals surface area contributed by atoms with Gasteiger partial charge in [-0.2, -0.15) is 18.4 Å². The Labute approximate surface area is 117 Å². The lowest BCUT2D eigenvalue weighted by molar-refractivity contribution is -0.155. The maximum Gasteiger partial charge on any atom is 0.452 e. The first-order chi connectivity index (χ1) is 9.79. The fourth-order valence-corrected chi connectivity index (χ4v) is 1.88. The number of aromatic nitrogens is 1. The Hall–Kier alpha value is -2.56. The molecule has 1 amide bonds. The van der Waals surface area contributed by atoms with Crippen LogP contribution in [0.1, 0.15) is 11.5 Å². The highest BCUT2D eigenvalue weighted by Gasteiger charge is 2.43. The molecule has 1 saturated heterocycles. The van der Waals surface area contributed by atoms with Gasteiger partial charge in [-0.1, -0.05) is 17.8 Å². The number of alkyl halides is 3. The van der Waals surface area contributed by atoms with Gasteiger partial charge in [0.05, 0.1) is 6.07 Å². The lowest BCUT2D eigenvalue weighted by atomic mass is 9.80. The van der Waals surface area contributed by atoms with Gasteiger partial charge in [-0.05, 0) is 12.2 Å². The maximum absolute atomic E-state index is 12.3. The second-order valence-electron chi connectivity index (χ2n) is 4.61. The highest BCUT2D eigenvalue weighted by Crippen LogP contribution is 2.33. The average Bonchev–Trinajstić information content (AvgIpc) is 2.86. The number of amides is 1. The van der Waals surface area contributed by atoms with Crippen LogP contribution in [0, 0.1) is 16.7 Å². The minimum atomic E-state index is -4.60. The van der Waals surface area contributed by atoms with E-state index in [1.807, 2.05) is 6.07 Å². The number of carbonyl (C=O) groups is 1. The largest absolute Gasteiger partial charge is 0.452 e. The van der Waals surface area contributed by atoms with Crippen LogP contribution in [0.5, 0.6) is 0 Å². The highest BCUT2D eigenvalue weighted by molar-refractivity contribution is 5.88. The molecule has 1 aromatic heterocycles. The fraction of sp³-hybridized carbons (Fsp3) is 0.308. The summed E-state index contributed by atoms with van der Waals surface area (Å²) in [5.41, 5.74) is -0.957. The molecule has 1 fully saturated rings. The van der Waals surface area contributed by atoms with Gasteiger partial charge in [0.15, 0.2) is 0 Å². The predicted octanol–water partition coefficient (Wildman–Crippen LogP) is 2.24. The van der Waals surface area contributed by atoms with E-state index in [1.165, 1.54) is 17.1 Å². The number of hydrogen-bond donors (Lipinski definition) is 0. The molecule has 0 bridgehead atoms. The second-order valence-corrected chi connectivity index (χ2v) is 4.61. The lowest BCUT2D eigenvalue weighted by Gasteiger charge is -2.43. The summed E-state index contributed by atoms with van der Waals surface area (Å²) in [7, 11) is 0. The van der Waals surface area contributed by atoms with Crippen molar-refractivity contribution in [3.05, 3.63) is 36.3 Å². The summed E-state index contributed by atoms with van der Waals surface area (Å²) in [6.07, 6.45) is -0.760. The predicted molar refractivity (Wildman–Crippen MR) is 65.4 cm³/mol. The Morgan fingerprint density at radius 3 is 2.71 bits per heavy atom. The summed E-state index contributed by atoms with van der Waals surface area (Å²) in [5, 5.41) is 12.4. The molecule has 0 N–H and O–H groups in total. The molecular weight excluding hydrogens is 287 g/mol. The molecule has 110 valence electrons. The summed E-state index contributed by atoms with van der Waals surface area (Å²) in [6.45, 7) is 3.66. The standard InChI is InChI=1S/C13H10F3N3O2/c1-2-11(20)19-7-12(6-17,8-19)4-3-9-5-10(21-18-9)13(14,15)16/h2-5H,1,7-8H2. The molecular formula is C13H10F3N3O2. The van der Waals surface area contributed by atoms with E-state index < -0.39 is 17.4 Å². The smallest absolute Gasteiger partial charge is 0.351 e. The topological polar surface area (TPSA) is 70.1 Å². The summed E-state index contributed by atoms with van der Waals surface area (Å²) in [6, 6.07) is 2.78. The van der Waals surface area contributed by atoms with Gasteiger partial charge in [0, 0.05) is 19.2 Å². The zero-order valence-corrected chi connectivity index (χ0v) is 10.7. The number of rotatable bonds is 3. The van der Waals surface area contributed by atoms with Gasteiger partial charge < -0.3 is 9.42 Å². The molecule has 0 radical (unpaired) electrons. The zero-order chi connectivity index (χ0) is 15.7. The Morgan fingerprint density at radius 2 is 2.24 bits per heavy atom. The minimum absolute atomic E-state index is 0.0366. The normalized spacial score (nSPS) is 17.3. The van der Waals surface area contributed by atoms with E-state index >= 15 is 0 Å². The van der Waals surface area contributed by atoms with Crippen molar-refractivity contribution in [3.8, 4) is 6.07 Å². The molecule has 0 atom stereocenters. The molecule has 0 saturated carbocycles. The molecule has 2 heterocycles. The van der Waals surface area contributed by atoms with Crippen LogP contribution in [-0.4, -0.2) is 29.1 Å². The van der Waals surface area contributed by atoms with Gasteiger partial charge in [0.2, 0.25) is 11.7 Å². The molecule has 1 aromatic rings. The van der Waals surface area contributed by atoms with Crippen LogP contribution in [-0.2, 0) is 11.0 Å². The Kier molecular flexibility index (Phi) is 3.60. The van der Waals surface area contributed by atoms with E-state index in [9.17, 15) is 18.0 Å². The van der Waals surface area contributed by atoms with Gasteiger partial charge >= 0.3 is 6.18 Å². The molecule has 21 heavy (non-hydrogen) atoms. The average molecular weight is 297 g/mol. The first kappa shape index (κ1) is 14.8. The summed E-state index contributed by atoms with van der Waals surface area (Å²) < 4.78 is 41.2. The van der Waals surface area contributed by atoms with E-state index in [4.69, 9.17) is 5.26 Å². The van der Waals surface area contributed by atoms with E-state index in [1.54, 1.807) is 0 Å². The molecule has 2 rings (SSSR count). The van der Waals surface area contributed by atoms with Crippen LogP contribution in [0.25, 0.3) is 6.08 Å². The van der Waals surface area contributed by atoms with Crippen molar-refractivity contribution in [2.45, 2.75) is 6.18 Å². The molecule has 5 nitrogen and oxygen atoms in total. The fourth-order valence-electron chi connectivity index (χ4n) is 1.88. The van der Waals surface area contributed by atoms with Crippen molar-refractivity contribution in [2.24, 2.45) is 5.41 Å². The van der Waals surface area contributed by atoms with E-state index in [-0.39, 0.29) is 24.7 Å². The van der Waals surface area contributed by atoms with Crippen molar-refractivity contribution >= 4 is 12.0 Å². The van der Waals surface area contributed by atoms with Crippen LogP contribution in [0.2, 0.25) is 0 Å². The van der Waals surface area contributed by atoms with Gasteiger partial charge in [0.25, 0.3) is 0 Å². The highest BCUT2D eigenvalue weighted by atomic mass is 19.4. The first-order valence-electron chi connectivity index (χ1n) is 5.85. The lowest BCUT2D eigenvalue weighted by Crippen LogP contribution is -2.56. The molecule has 0 aliphatic carbocycles. The van der Waals surface area contributed by atoms with Crippen LogP contribution in [0.15, 0.2) is 29.3 Å². The zero-order valence-electron chi connectivity index (χ0n) is 10.7. The van der Waals surface area contributed by atoms with Crippen molar-refractivity contribution in [2.75, 3.05) is 13.1 Å². The van der Waals surface area contributed by atoms with Crippen LogP contribution >= 0.6 is 0 Å². The third kappa shape index (κ3) is 2.97. The number of hydrogen-bond acceptors (Lipinski definition) is 4. The van der Waals surface area contributed by atoms with Gasteiger partial charge in [-0.25, -0.2) is 0 Å². The number of likely N-dealkylation sites (tertiary alicyclic amines) is 1. The van der Waals surface area contributed by atoms with E-state index in [0.717, 1.165) is 12.1 Å². The number of carbonyl (C=O) groups excluding carboxylic acids is 1. The van der Waals surface area contributed by atoms with Crippen molar-refractivity contribution < 1.29 is 22.5 Å². The van der Waals surface area contributed by atoms with Crippen molar-refractivity contribution in [1.82, 2.24) is 10.1 Å². The quantitative estimate of drug-likeness (QED) is 0.802. The third-order valence-corrected chi connectivity index (χ3v) is 3.04. The molecule has 8 heteroatoms. The second kappa shape index (κ2) is 5.09. The third-order valence-electron chi connectivity index (χ3n) is 3.04. The monoisotopic (exact) mass is 297 g/mol. The SMILES string of the molecule is C=CC(=O)N1CC(C#N)(C=Cc2cc(C(F)(F)F)on2)C1. The van der Waals surface area contributed by atoms with E-state index in [2.05, 4.69) is 16.3 Å². The molecule has 1 aliphatic heterocycles. The Balaban J connectivity index is 2.07. The van der Waals surface area contributed by atoms with Crippen molar-refractivity contribution in [3.63, 3.8) is 0 Å². The Bertz CT molecular complexity index is 634. The van der Waals surface area contributed by atoms with Crippen LogP contribution in [0.3, 0.4) is 0 Å². The minimum Gasteiger partial charge on any atom is -0.351 e. The number of halogens is 3. The summed E-state index contributed by atoms with van der Waals surface area (Å²) in [5.74, 6) is -1.50. The summed E-state index contributed by atoms with van der Waals surface area (Å²) in [4.78, 5) is 12.7. The molecule has 0 spiro atoms. The molecule has 0 unspecified atom stereocenters. The van der Waals surface area contributed by atoms with E-state index in [0.29, 0.717) is 0 Å². The maximum atomic E-state index is 12.3. The first-order valence-corrected chi connectivity index (χ1v) is 5.85. The van der Waals surface area contributed by atoms with Crippen molar-refractivity contribution in [1.29, 1.82) is 5.26 Å². The van der Waals surface area contributed by atoms with Crippen LogP contribution in [0.4, 0.5) is 13.2 Å². The van der Waals surface area contributed by atoms with Gasteiger partial charge in [-0.15, -0.1) is 0 Å². The molecule has 0 aromatic carbocycles. The van der Waals surface area contributed by atoms with Gasteiger partial charge in [-0.3, -0.25) is 4.79 Å². The molecule has 1 aliphatic rings. The van der Waals surface area contributed by atoms with Gasteiger partial charge in [0.1, 0.15) is 11.1 Å².